The average Bonchev–Trinajstić information content (AvgIpc) is 3.19. The number of nitrogens with one attached hydrogen (secondary N) is 3. The van der Waals surface area contributed by atoms with E-state index in [1.807, 2.05) is 43.3 Å². The monoisotopic (exact) mass is 371 g/mol. The number of rotatable bonds is 6. The van der Waals surface area contributed by atoms with Crippen molar-refractivity contribution in [2.45, 2.75) is 25.4 Å². The van der Waals surface area contributed by atoms with Crippen molar-refractivity contribution in [1.29, 1.82) is 0 Å². The zero-order valence-corrected chi connectivity index (χ0v) is 16.0. The first-order chi connectivity index (χ1) is 13.0. The first kappa shape index (κ1) is 19.0. The lowest BCUT2D eigenvalue weighted by molar-refractivity contribution is -0.117. The van der Waals surface area contributed by atoms with Gasteiger partial charge in [-0.2, -0.15) is 0 Å². The molecule has 2 aromatic rings. The van der Waals surface area contributed by atoms with Gasteiger partial charge in [0.05, 0.1) is 27.4 Å². The van der Waals surface area contributed by atoms with Gasteiger partial charge in [-0.1, -0.05) is 12.1 Å². The number of aryl methyl sites for hydroxylation is 1. The van der Waals surface area contributed by atoms with Gasteiger partial charge in [-0.3, -0.25) is 4.79 Å². The summed E-state index contributed by atoms with van der Waals surface area (Å²) in [4.78, 5) is 12.7. The third kappa shape index (κ3) is 4.15. The molecular formula is C20H25N3O4. The number of ether oxygens (including phenoxy) is 3. The molecule has 2 unspecified atom stereocenters. The third-order valence-electron chi connectivity index (χ3n) is 4.74. The Morgan fingerprint density at radius 3 is 2.41 bits per heavy atom. The Labute approximate surface area is 159 Å². The van der Waals surface area contributed by atoms with Crippen LogP contribution in [-0.2, 0) is 4.79 Å². The normalized spacial score (nSPS) is 18.8. The molecule has 1 fully saturated rings. The fourth-order valence-corrected chi connectivity index (χ4v) is 3.12. The third-order valence-corrected chi connectivity index (χ3v) is 4.74. The lowest BCUT2D eigenvalue weighted by atomic mass is 10.0. The molecule has 0 spiro atoms. The van der Waals surface area contributed by atoms with Gasteiger partial charge in [0.15, 0.2) is 0 Å². The molecule has 144 valence electrons. The van der Waals surface area contributed by atoms with Crippen molar-refractivity contribution >= 4 is 11.6 Å². The molecule has 0 saturated carbocycles. The summed E-state index contributed by atoms with van der Waals surface area (Å²) >= 11 is 0. The van der Waals surface area contributed by atoms with E-state index in [2.05, 4.69) is 16.2 Å². The molecule has 3 rings (SSSR count). The molecule has 1 saturated heterocycles. The highest BCUT2D eigenvalue weighted by Gasteiger charge is 2.32. The second-order valence-electron chi connectivity index (χ2n) is 6.41. The molecular weight excluding hydrogens is 346 g/mol. The number of methoxy groups -OCH3 is 3. The predicted molar refractivity (Wildman–Crippen MR) is 103 cm³/mol. The molecule has 7 nitrogen and oxygen atoms in total. The van der Waals surface area contributed by atoms with Crippen molar-refractivity contribution in [2.75, 3.05) is 26.6 Å². The van der Waals surface area contributed by atoms with Gasteiger partial charge in [0.25, 0.3) is 0 Å². The summed E-state index contributed by atoms with van der Waals surface area (Å²) < 4.78 is 15.9. The number of hydrazine groups is 1. The Kier molecular flexibility index (Phi) is 5.83. The Balaban J connectivity index is 1.70. The summed E-state index contributed by atoms with van der Waals surface area (Å²) in [6, 6.07) is 10.9. The lowest BCUT2D eigenvalue weighted by Gasteiger charge is -2.15. The second kappa shape index (κ2) is 8.28. The summed E-state index contributed by atoms with van der Waals surface area (Å²) in [5.41, 5.74) is 8.94. The predicted octanol–water partition coefficient (Wildman–Crippen LogP) is 2.57. The summed E-state index contributed by atoms with van der Waals surface area (Å²) in [7, 11) is 4.84. The molecule has 0 bridgehead atoms. The topological polar surface area (TPSA) is 80.9 Å². The van der Waals surface area contributed by atoms with Crippen LogP contribution >= 0.6 is 0 Å². The highest BCUT2D eigenvalue weighted by atomic mass is 16.5. The number of benzene rings is 2. The van der Waals surface area contributed by atoms with Gasteiger partial charge in [-0.25, -0.2) is 10.9 Å². The summed E-state index contributed by atoms with van der Waals surface area (Å²) in [6.07, 6.45) is 0.595. The smallest absolute Gasteiger partial charge is 0.242 e. The second-order valence-corrected chi connectivity index (χ2v) is 6.41. The maximum atomic E-state index is 12.7. The van der Waals surface area contributed by atoms with Crippen molar-refractivity contribution in [3.05, 3.63) is 47.5 Å². The summed E-state index contributed by atoms with van der Waals surface area (Å²) in [5.74, 6) is 2.05. The zero-order chi connectivity index (χ0) is 19.4. The van der Waals surface area contributed by atoms with Crippen LogP contribution in [0.2, 0.25) is 0 Å². The van der Waals surface area contributed by atoms with E-state index < -0.39 is 0 Å². The number of hydrogen-bond donors (Lipinski definition) is 3. The van der Waals surface area contributed by atoms with Crippen LogP contribution in [-0.4, -0.2) is 33.3 Å². The molecule has 1 heterocycles. The Morgan fingerprint density at radius 2 is 1.70 bits per heavy atom. The highest BCUT2D eigenvalue weighted by Crippen LogP contribution is 2.33. The van der Waals surface area contributed by atoms with Crippen molar-refractivity contribution in [1.82, 2.24) is 10.9 Å². The van der Waals surface area contributed by atoms with Gasteiger partial charge < -0.3 is 19.5 Å². The summed E-state index contributed by atoms with van der Waals surface area (Å²) in [5, 5.41) is 2.97. The molecule has 1 aliphatic heterocycles. The summed E-state index contributed by atoms with van der Waals surface area (Å²) in [6.45, 7) is 1.94. The number of hydrogen-bond acceptors (Lipinski definition) is 6. The van der Waals surface area contributed by atoms with Crippen LogP contribution < -0.4 is 30.4 Å². The van der Waals surface area contributed by atoms with E-state index >= 15 is 0 Å². The molecule has 1 amide bonds. The van der Waals surface area contributed by atoms with Crippen molar-refractivity contribution in [2.24, 2.45) is 0 Å². The van der Waals surface area contributed by atoms with Gasteiger partial charge in [0, 0.05) is 23.4 Å². The van der Waals surface area contributed by atoms with Crippen LogP contribution in [0.1, 0.15) is 23.6 Å². The number of carbonyl (C=O) groups is 1. The molecule has 0 radical (unpaired) electrons. The van der Waals surface area contributed by atoms with E-state index in [-0.39, 0.29) is 18.0 Å². The average molecular weight is 371 g/mol. The minimum atomic E-state index is -0.368. The molecule has 2 aromatic carbocycles. The fraction of sp³-hybridized carbons (Fsp3) is 0.350. The van der Waals surface area contributed by atoms with Crippen molar-refractivity contribution < 1.29 is 19.0 Å². The SMILES string of the molecule is COc1ccc(C)c(NC(=O)C2CC(c3ccc(OC)cc3OC)NN2)c1. The first-order valence-corrected chi connectivity index (χ1v) is 8.74. The molecule has 0 aliphatic carbocycles. The highest BCUT2D eigenvalue weighted by molar-refractivity contribution is 5.95. The van der Waals surface area contributed by atoms with Gasteiger partial charge in [-0.15, -0.1) is 0 Å². The quantitative estimate of drug-likeness (QED) is 0.724. The van der Waals surface area contributed by atoms with E-state index in [1.165, 1.54) is 0 Å². The molecule has 1 aliphatic rings. The number of anilines is 1. The zero-order valence-electron chi connectivity index (χ0n) is 16.0. The molecule has 7 heteroatoms. The maximum absolute atomic E-state index is 12.7. The first-order valence-electron chi connectivity index (χ1n) is 8.74. The minimum Gasteiger partial charge on any atom is -0.497 e. The van der Waals surface area contributed by atoms with E-state index in [1.54, 1.807) is 21.3 Å². The van der Waals surface area contributed by atoms with Crippen molar-refractivity contribution in [3.63, 3.8) is 0 Å². The fourth-order valence-electron chi connectivity index (χ4n) is 3.12. The standard InChI is InChI=1S/C20H25N3O4/c1-12-5-6-13(25-2)9-16(12)21-20(24)18-11-17(22-23-18)15-8-7-14(26-3)10-19(15)27-4/h5-10,17-18,22-23H,11H2,1-4H3,(H,21,24). The van der Waals surface area contributed by atoms with E-state index in [9.17, 15) is 4.79 Å². The van der Waals surface area contributed by atoms with Crippen LogP contribution in [0.3, 0.4) is 0 Å². The lowest BCUT2D eigenvalue weighted by Crippen LogP contribution is -2.39. The van der Waals surface area contributed by atoms with Gasteiger partial charge in [0.2, 0.25) is 5.91 Å². The van der Waals surface area contributed by atoms with Crippen LogP contribution in [0.4, 0.5) is 5.69 Å². The maximum Gasteiger partial charge on any atom is 0.242 e. The Bertz CT molecular complexity index is 825. The number of carbonyl (C=O) groups excluding carboxylic acids is 1. The van der Waals surface area contributed by atoms with Crippen LogP contribution in [0.15, 0.2) is 36.4 Å². The van der Waals surface area contributed by atoms with E-state index in [4.69, 9.17) is 14.2 Å². The molecule has 27 heavy (non-hydrogen) atoms. The van der Waals surface area contributed by atoms with Crippen molar-refractivity contribution in [3.8, 4) is 17.2 Å². The minimum absolute atomic E-state index is 0.0481. The van der Waals surface area contributed by atoms with Gasteiger partial charge in [0.1, 0.15) is 23.3 Å². The Morgan fingerprint density at radius 1 is 1.00 bits per heavy atom. The molecule has 3 N–H and O–H groups in total. The Hall–Kier alpha value is -2.77. The number of amides is 1. The van der Waals surface area contributed by atoms with Crippen LogP contribution in [0, 0.1) is 6.92 Å². The van der Waals surface area contributed by atoms with Gasteiger partial charge >= 0.3 is 0 Å². The van der Waals surface area contributed by atoms with E-state index in [0.29, 0.717) is 12.2 Å². The van der Waals surface area contributed by atoms with E-state index in [0.717, 1.165) is 28.3 Å². The van der Waals surface area contributed by atoms with Crippen LogP contribution in [0.25, 0.3) is 0 Å². The molecule has 0 aromatic heterocycles. The van der Waals surface area contributed by atoms with Gasteiger partial charge in [-0.05, 0) is 31.0 Å². The van der Waals surface area contributed by atoms with Crippen LogP contribution in [0.5, 0.6) is 17.2 Å². The largest absolute Gasteiger partial charge is 0.497 e. The molecule has 2 atom stereocenters.